The molecule has 3 N–H and O–H groups in total. The van der Waals surface area contributed by atoms with Crippen molar-refractivity contribution in [3.05, 3.63) is 35.0 Å². The number of carbonyl (C=O) groups is 1. The third-order valence-electron chi connectivity index (χ3n) is 2.55. The maximum absolute atomic E-state index is 11.6. The number of carbonyl (C=O) groups excluding carboxylic acids is 1. The fraction of sp³-hybridized carbons (Fsp3) is 0.250. The first-order chi connectivity index (χ1) is 8.13. The monoisotopic (exact) mass is 288 g/mol. The minimum atomic E-state index is -0.790. The molecule has 98 valence electrons. The van der Waals surface area contributed by atoms with Crippen molar-refractivity contribution in [2.24, 2.45) is 5.73 Å². The lowest BCUT2D eigenvalue weighted by atomic mass is 10.1. The number of ether oxygens (including phenoxy) is 1. The van der Waals surface area contributed by atoms with Crippen LogP contribution < -0.4 is 5.73 Å². The molecule has 0 saturated heterocycles. The number of rotatable bonds is 3. The van der Waals surface area contributed by atoms with Gasteiger partial charge < -0.3 is 15.5 Å². The highest BCUT2D eigenvalue weighted by Crippen LogP contribution is 2.26. The van der Waals surface area contributed by atoms with Gasteiger partial charge in [0, 0.05) is 27.7 Å². The van der Waals surface area contributed by atoms with E-state index >= 15 is 0 Å². The van der Waals surface area contributed by atoms with Crippen molar-refractivity contribution in [2.75, 3.05) is 6.61 Å². The maximum Gasteiger partial charge on any atom is 0.327 e. The third-order valence-corrected chi connectivity index (χ3v) is 2.79. The van der Waals surface area contributed by atoms with Gasteiger partial charge in [0.1, 0.15) is 6.04 Å². The van der Waals surface area contributed by atoms with Crippen molar-refractivity contribution < 1.29 is 9.53 Å². The predicted molar refractivity (Wildman–Crippen MR) is 74.1 cm³/mol. The SMILES string of the molecule is CCOC(=O)C(N)c1c[nH]c2ccc(Cl)cc12.Cl. The van der Waals surface area contributed by atoms with Crippen molar-refractivity contribution in [3.63, 3.8) is 0 Å². The molecule has 0 fully saturated rings. The first-order valence-corrected chi connectivity index (χ1v) is 5.70. The van der Waals surface area contributed by atoms with Gasteiger partial charge in [0.15, 0.2) is 0 Å². The zero-order chi connectivity index (χ0) is 12.4. The largest absolute Gasteiger partial charge is 0.465 e. The number of nitrogens with two attached hydrogens (primary N) is 1. The molecule has 1 heterocycles. The van der Waals surface area contributed by atoms with Crippen LogP contribution in [0, 0.1) is 0 Å². The summed E-state index contributed by atoms with van der Waals surface area (Å²) in [6.45, 7) is 2.06. The van der Waals surface area contributed by atoms with E-state index in [0.717, 1.165) is 10.9 Å². The number of esters is 1. The lowest BCUT2D eigenvalue weighted by molar-refractivity contribution is -0.144. The number of aromatic amines is 1. The summed E-state index contributed by atoms with van der Waals surface area (Å²) in [5, 5.41) is 1.45. The lowest BCUT2D eigenvalue weighted by Gasteiger charge is -2.09. The number of halogens is 2. The van der Waals surface area contributed by atoms with Crippen LogP contribution in [0.15, 0.2) is 24.4 Å². The van der Waals surface area contributed by atoms with E-state index in [0.29, 0.717) is 17.2 Å². The molecule has 2 aromatic rings. The molecule has 6 heteroatoms. The maximum atomic E-state index is 11.6. The van der Waals surface area contributed by atoms with Crippen LogP contribution in [0.5, 0.6) is 0 Å². The number of hydrogen-bond donors (Lipinski definition) is 2. The quantitative estimate of drug-likeness (QED) is 0.854. The predicted octanol–water partition coefficient (Wildman–Crippen LogP) is 2.81. The molecule has 2 rings (SSSR count). The van der Waals surface area contributed by atoms with E-state index < -0.39 is 12.0 Å². The molecular formula is C12H14Cl2N2O2. The summed E-state index contributed by atoms with van der Waals surface area (Å²) in [5.41, 5.74) is 7.44. The fourth-order valence-electron chi connectivity index (χ4n) is 1.73. The van der Waals surface area contributed by atoms with Crippen LogP contribution in [0.3, 0.4) is 0 Å². The standard InChI is InChI=1S/C12H13ClN2O2.ClH/c1-2-17-12(16)11(14)9-6-15-10-4-3-7(13)5-8(9)10;/h3-6,11,15H,2,14H2,1H3;1H. The van der Waals surface area contributed by atoms with E-state index in [1.807, 2.05) is 6.07 Å². The molecule has 0 spiro atoms. The Morgan fingerprint density at radius 3 is 2.94 bits per heavy atom. The van der Waals surface area contributed by atoms with Crippen molar-refractivity contribution in [1.29, 1.82) is 0 Å². The molecule has 0 aliphatic heterocycles. The summed E-state index contributed by atoms with van der Waals surface area (Å²) in [5.74, 6) is -0.437. The minimum Gasteiger partial charge on any atom is -0.465 e. The van der Waals surface area contributed by atoms with Crippen molar-refractivity contribution in [2.45, 2.75) is 13.0 Å². The average molecular weight is 289 g/mol. The second kappa shape index (κ2) is 6.09. The highest BCUT2D eigenvalue weighted by molar-refractivity contribution is 6.31. The van der Waals surface area contributed by atoms with Crippen molar-refractivity contribution in [1.82, 2.24) is 4.98 Å². The summed E-state index contributed by atoms with van der Waals surface area (Å²) in [6, 6.07) is 4.61. The zero-order valence-corrected chi connectivity index (χ0v) is 11.3. The molecule has 1 atom stereocenters. The van der Waals surface area contributed by atoms with Gasteiger partial charge in [0.25, 0.3) is 0 Å². The molecule has 0 bridgehead atoms. The van der Waals surface area contributed by atoms with Crippen LogP contribution in [0.1, 0.15) is 18.5 Å². The van der Waals surface area contributed by atoms with Crippen molar-refractivity contribution >= 4 is 40.9 Å². The van der Waals surface area contributed by atoms with Crippen LogP contribution in [0.25, 0.3) is 10.9 Å². The molecule has 0 radical (unpaired) electrons. The molecule has 1 unspecified atom stereocenters. The van der Waals surface area contributed by atoms with Gasteiger partial charge in [-0.3, -0.25) is 0 Å². The van der Waals surface area contributed by atoms with Gasteiger partial charge in [0.2, 0.25) is 0 Å². The van der Waals surface area contributed by atoms with Crippen LogP contribution in [-0.4, -0.2) is 17.6 Å². The number of nitrogens with one attached hydrogen (secondary N) is 1. The molecule has 1 aromatic heterocycles. The van der Waals surface area contributed by atoms with E-state index in [4.69, 9.17) is 22.1 Å². The average Bonchev–Trinajstić information content (AvgIpc) is 2.71. The molecule has 0 aliphatic rings. The number of benzene rings is 1. The van der Waals surface area contributed by atoms with E-state index in [-0.39, 0.29) is 12.4 Å². The first-order valence-electron chi connectivity index (χ1n) is 5.32. The molecule has 1 aromatic carbocycles. The number of fused-ring (bicyclic) bond motifs is 1. The van der Waals surface area contributed by atoms with Gasteiger partial charge in [-0.25, -0.2) is 4.79 Å². The summed E-state index contributed by atoms with van der Waals surface area (Å²) >= 11 is 5.92. The smallest absolute Gasteiger partial charge is 0.327 e. The molecule has 0 saturated carbocycles. The Bertz CT molecular complexity index is 554. The Morgan fingerprint density at radius 2 is 2.28 bits per heavy atom. The van der Waals surface area contributed by atoms with E-state index in [1.165, 1.54) is 0 Å². The summed E-state index contributed by atoms with van der Waals surface area (Å²) < 4.78 is 4.90. The minimum absolute atomic E-state index is 0. The molecular weight excluding hydrogens is 275 g/mol. The fourth-order valence-corrected chi connectivity index (χ4v) is 1.90. The number of hydrogen-bond acceptors (Lipinski definition) is 3. The van der Waals surface area contributed by atoms with Gasteiger partial charge in [0.05, 0.1) is 6.61 Å². The third kappa shape index (κ3) is 2.77. The topological polar surface area (TPSA) is 68.1 Å². The molecule has 18 heavy (non-hydrogen) atoms. The van der Waals surface area contributed by atoms with Gasteiger partial charge in [-0.2, -0.15) is 0 Å². The second-order valence-electron chi connectivity index (χ2n) is 3.66. The van der Waals surface area contributed by atoms with Crippen LogP contribution in [0.4, 0.5) is 0 Å². The summed E-state index contributed by atoms with van der Waals surface area (Å²) in [4.78, 5) is 14.6. The Balaban J connectivity index is 0.00000162. The Hall–Kier alpha value is -1.23. The van der Waals surface area contributed by atoms with E-state index in [1.54, 1.807) is 25.3 Å². The molecule has 0 aliphatic carbocycles. The normalized spacial score (nSPS) is 11.9. The Morgan fingerprint density at radius 1 is 1.56 bits per heavy atom. The Labute approximate surface area is 116 Å². The highest BCUT2D eigenvalue weighted by atomic mass is 35.5. The number of aromatic nitrogens is 1. The van der Waals surface area contributed by atoms with Crippen LogP contribution >= 0.6 is 24.0 Å². The number of H-pyrrole nitrogens is 1. The Kier molecular flexibility index (Phi) is 5.02. The van der Waals surface area contributed by atoms with Crippen LogP contribution in [-0.2, 0) is 9.53 Å². The van der Waals surface area contributed by atoms with Crippen molar-refractivity contribution in [3.8, 4) is 0 Å². The summed E-state index contributed by atoms with van der Waals surface area (Å²) in [6.07, 6.45) is 1.71. The van der Waals surface area contributed by atoms with E-state index in [2.05, 4.69) is 4.98 Å². The van der Waals surface area contributed by atoms with Crippen LogP contribution in [0.2, 0.25) is 5.02 Å². The van der Waals surface area contributed by atoms with Gasteiger partial charge in [-0.05, 0) is 25.1 Å². The highest BCUT2D eigenvalue weighted by Gasteiger charge is 2.20. The van der Waals surface area contributed by atoms with E-state index in [9.17, 15) is 4.79 Å². The second-order valence-corrected chi connectivity index (χ2v) is 4.10. The zero-order valence-electron chi connectivity index (χ0n) is 9.77. The molecule has 4 nitrogen and oxygen atoms in total. The van der Waals surface area contributed by atoms with Gasteiger partial charge in [-0.1, -0.05) is 11.6 Å². The van der Waals surface area contributed by atoms with Gasteiger partial charge >= 0.3 is 5.97 Å². The summed E-state index contributed by atoms with van der Waals surface area (Å²) in [7, 11) is 0. The molecule has 0 amide bonds. The first kappa shape index (κ1) is 14.8. The lowest BCUT2D eigenvalue weighted by Crippen LogP contribution is -2.23. The van der Waals surface area contributed by atoms with Gasteiger partial charge in [-0.15, -0.1) is 12.4 Å².